The van der Waals surface area contributed by atoms with E-state index < -0.39 is 6.04 Å². The lowest BCUT2D eigenvalue weighted by atomic mass is 10.1. The molecule has 2 aliphatic heterocycles. The molecule has 0 radical (unpaired) electrons. The molecule has 0 aromatic heterocycles. The first-order valence-electron chi connectivity index (χ1n) is 9.38. The highest BCUT2D eigenvalue weighted by atomic mass is 16.5. The Balaban J connectivity index is 1.48. The van der Waals surface area contributed by atoms with Crippen molar-refractivity contribution in [2.45, 2.75) is 18.9 Å². The number of ether oxygens (including phenoxy) is 2. The van der Waals surface area contributed by atoms with E-state index in [1.807, 2.05) is 0 Å². The smallest absolute Gasteiger partial charge is 0.262 e. The normalized spacial score (nSPS) is 17.8. The molecule has 8 heteroatoms. The van der Waals surface area contributed by atoms with Crippen LogP contribution in [0.5, 0.6) is 11.5 Å². The highest BCUT2D eigenvalue weighted by Gasteiger charge is 2.35. The van der Waals surface area contributed by atoms with Gasteiger partial charge in [0.25, 0.3) is 11.8 Å². The molecule has 0 bridgehead atoms. The molecule has 1 fully saturated rings. The van der Waals surface area contributed by atoms with Crippen LogP contribution in [0.15, 0.2) is 42.5 Å². The summed E-state index contributed by atoms with van der Waals surface area (Å²) >= 11 is 0. The summed E-state index contributed by atoms with van der Waals surface area (Å²) in [6.45, 7) is 0.426. The summed E-state index contributed by atoms with van der Waals surface area (Å²) in [4.78, 5) is 38.8. The molecule has 0 aliphatic carbocycles. The molecule has 2 aromatic carbocycles. The Bertz CT molecular complexity index is 957. The van der Waals surface area contributed by atoms with Gasteiger partial charge in [0.15, 0.2) is 6.61 Å². The minimum Gasteiger partial charge on any atom is -0.497 e. The molecule has 2 aromatic rings. The van der Waals surface area contributed by atoms with E-state index in [-0.39, 0.29) is 24.3 Å². The largest absolute Gasteiger partial charge is 0.497 e. The molecule has 1 saturated heterocycles. The van der Waals surface area contributed by atoms with Crippen molar-refractivity contribution >= 4 is 29.1 Å². The third-order valence-electron chi connectivity index (χ3n) is 5.04. The molecular formula is C21H21N3O5. The Morgan fingerprint density at radius 3 is 2.76 bits per heavy atom. The van der Waals surface area contributed by atoms with Crippen LogP contribution in [0.1, 0.15) is 23.2 Å². The molecule has 29 heavy (non-hydrogen) atoms. The van der Waals surface area contributed by atoms with Crippen LogP contribution < -0.4 is 20.1 Å². The summed E-state index contributed by atoms with van der Waals surface area (Å²) in [5.74, 6) is 0.468. The standard InChI is InChI=1S/C21H21N3O5/c1-28-15-7-5-14(6-8-15)22-20(26)17-3-2-10-24(17)21(27)13-4-9-16-18(11-13)29-12-19(25)23-16/h4-9,11,17H,2-3,10,12H2,1H3,(H,22,26)(H,23,25). The lowest BCUT2D eigenvalue weighted by Gasteiger charge is -2.25. The molecule has 2 aliphatic rings. The Morgan fingerprint density at radius 2 is 2.00 bits per heavy atom. The number of anilines is 2. The van der Waals surface area contributed by atoms with Crippen LogP contribution in [0.2, 0.25) is 0 Å². The van der Waals surface area contributed by atoms with Gasteiger partial charge in [0, 0.05) is 17.8 Å². The third-order valence-corrected chi connectivity index (χ3v) is 5.04. The van der Waals surface area contributed by atoms with Crippen molar-refractivity contribution in [3.63, 3.8) is 0 Å². The Kier molecular flexibility index (Phi) is 5.07. The van der Waals surface area contributed by atoms with E-state index in [2.05, 4.69) is 10.6 Å². The van der Waals surface area contributed by atoms with Crippen LogP contribution in [-0.4, -0.2) is 48.9 Å². The zero-order valence-electron chi connectivity index (χ0n) is 15.9. The highest BCUT2D eigenvalue weighted by Crippen LogP contribution is 2.30. The van der Waals surface area contributed by atoms with Gasteiger partial charge >= 0.3 is 0 Å². The number of nitrogens with one attached hydrogen (secondary N) is 2. The van der Waals surface area contributed by atoms with E-state index in [9.17, 15) is 14.4 Å². The van der Waals surface area contributed by atoms with Crippen LogP contribution in [0.4, 0.5) is 11.4 Å². The van der Waals surface area contributed by atoms with Gasteiger partial charge < -0.3 is 25.0 Å². The average molecular weight is 395 g/mol. The molecule has 0 spiro atoms. The molecule has 0 saturated carbocycles. The number of carbonyl (C=O) groups is 3. The molecule has 3 amide bonds. The predicted molar refractivity (Wildman–Crippen MR) is 106 cm³/mol. The zero-order valence-corrected chi connectivity index (χ0v) is 15.9. The maximum atomic E-state index is 13.0. The van der Waals surface area contributed by atoms with Crippen molar-refractivity contribution in [2.75, 3.05) is 30.9 Å². The van der Waals surface area contributed by atoms with E-state index in [4.69, 9.17) is 9.47 Å². The van der Waals surface area contributed by atoms with E-state index in [0.717, 1.165) is 6.42 Å². The number of likely N-dealkylation sites (tertiary alicyclic amines) is 1. The Hall–Kier alpha value is -3.55. The van der Waals surface area contributed by atoms with Crippen molar-refractivity contribution in [1.82, 2.24) is 4.90 Å². The molecule has 1 unspecified atom stereocenters. The minimum atomic E-state index is -0.541. The summed E-state index contributed by atoms with van der Waals surface area (Å²) in [6.07, 6.45) is 1.36. The van der Waals surface area contributed by atoms with Crippen LogP contribution in [0, 0.1) is 0 Å². The van der Waals surface area contributed by atoms with Crippen LogP contribution in [0.3, 0.4) is 0 Å². The van der Waals surface area contributed by atoms with Gasteiger partial charge in [-0.1, -0.05) is 0 Å². The SMILES string of the molecule is COc1ccc(NC(=O)C2CCCN2C(=O)c2ccc3c(c2)OCC(=O)N3)cc1. The van der Waals surface area contributed by atoms with Crippen molar-refractivity contribution in [1.29, 1.82) is 0 Å². The molecule has 4 rings (SSSR count). The van der Waals surface area contributed by atoms with Gasteiger partial charge in [-0.2, -0.15) is 0 Å². The maximum absolute atomic E-state index is 13.0. The first kappa shape index (κ1) is 18.8. The average Bonchev–Trinajstić information content (AvgIpc) is 3.23. The molecular weight excluding hydrogens is 374 g/mol. The first-order valence-corrected chi connectivity index (χ1v) is 9.38. The maximum Gasteiger partial charge on any atom is 0.262 e. The number of carbonyl (C=O) groups excluding carboxylic acids is 3. The Labute approximate surface area is 167 Å². The topological polar surface area (TPSA) is 97.0 Å². The lowest BCUT2D eigenvalue weighted by molar-refractivity contribution is -0.120. The number of rotatable bonds is 4. The van der Waals surface area contributed by atoms with Gasteiger partial charge in [0.05, 0.1) is 12.8 Å². The summed E-state index contributed by atoms with van der Waals surface area (Å²) in [5.41, 5.74) is 1.60. The second-order valence-electron chi connectivity index (χ2n) is 6.92. The fourth-order valence-corrected chi connectivity index (χ4v) is 3.56. The molecule has 2 N–H and O–H groups in total. The zero-order chi connectivity index (χ0) is 20.4. The Morgan fingerprint density at radius 1 is 1.21 bits per heavy atom. The number of amides is 3. The monoisotopic (exact) mass is 395 g/mol. The number of fused-ring (bicyclic) bond motifs is 1. The minimum absolute atomic E-state index is 0.0821. The van der Waals surface area contributed by atoms with Gasteiger partial charge in [-0.3, -0.25) is 14.4 Å². The van der Waals surface area contributed by atoms with Gasteiger partial charge in [-0.15, -0.1) is 0 Å². The number of benzene rings is 2. The van der Waals surface area contributed by atoms with E-state index >= 15 is 0 Å². The second kappa shape index (κ2) is 7.83. The third kappa shape index (κ3) is 3.87. The first-order chi connectivity index (χ1) is 14.0. The summed E-state index contributed by atoms with van der Waals surface area (Å²) in [5, 5.41) is 5.56. The van der Waals surface area contributed by atoms with Crippen molar-refractivity contribution < 1.29 is 23.9 Å². The highest BCUT2D eigenvalue weighted by molar-refractivity contribution is 6.03. The fraction of sp³-hybridized carbons (Fsp3) is 0.286. The summed E-state index contributed by atoms with van der Waals surface area (Å²) in [7, 11) is 1.58. The van der Waals surface area contributed by atoms with Crippen molar-refractivity contribution in [2.24, 2.45) is 0 Å². The van der Waals surface area contributed by atoms with Crippen LogP contribution in [-0.2, 0) is 9.59 Å². The van der Waals surface area contributed by atoms with E-state index in [0.29, 0.717) is 41.4 Å². The van der Waals surface area contributed by atoms with Crippen LogP contribution >= 0.6 is 0 Å². The van der Waals surface area contributed by atoms with Gasteiger partial charge in [-0.05, 0) is 55.3 Å². The molecule has 8 nitrogen and oxygen atoms in total. The lowest BCUT2D eigenvalue weighted by Crippen LogP contribution is -2.43. The molecule has 150 valence electrons. The molecule has 1 atom stereocenters. The molecule has 2 heterocycles. The second-order valence-corrected chi connectivity index (χ2v) is 6.92. The summed E-state index contributed by atoms with van der Waals surface area (Å²) < 4.78 is 10.5. The fourth-order valence-electron chi connectivity index (χ4n) is 3.56. The van der Waals surface area contributed by atoms with Crippen LogP contribution in [0.25, 0.3) is 0 Å². The quantitative estimate of drug-likeness (QED) is 0.828. The summed E-state index contributed by atoms with van der Waals surface area (Å²) in [6, 6.07) is 11.4. The van der Waals surface area contributed by atoms with Crippen molar-refractivity contribution in [3.8, 4) is 11.5 Å². The van der Waals surface area contributed by atoms with Gasteiger partial charge in [0.1, 0.15) is 17.5 Å². The van der Waals surface area contributed by atoms with E-state index in [1.165, 1.54) is 0 Å². The van der Waals surface area contributed by atoms with Gasteiger partial charge in [-0.25, -0.2) is 0 Å². The number of hydrogen-bond donors (Lipinski definition) is 2. The van der Waals surface area contributed by atoms with Crippen molar-refractivity contribution in [3.05, 3.63) is 48.0 Å². The number of nitrogens with zero attached hydrogens (tertiary/aromatic N) is 1. The number of methoxy groups -OCH3 is 1. The number of hydrogen-bond acceptors (Lipinski definition) is 5. The predicted octanol–water partition coefficient (Wildman–Crippen LogP) is 2.27. The van der Waals surface area contributed by atoms with E-state index in [1.54, 1.807) is 54.5 Å². The van der Waals surface area contributed by atoms with Gasteiger partial charge in [0.2, 0.25) is 5.91 Å².